The molecule has 172 valence electrons. The molecule has 8 nitrogen and oxygen atoms in total. The van der Waals surface area contributed by atoms with Crippen LogP contribution in [0.25, 0.3) is 22.3 Å². The summed E-state index contributed by atoms with van der Waals surface area (Å²) in [6.07, 6.45) is 1.50. The molecule has 1 aliphatic heterocycles. The molecular formula is C23H29ClN4O4. The van der Waals surface area contributed by atoms with Crippen molar-refractivity contribution in [3.05, 3.63) is 39.7 Å². The zero-order valence-corrected chi connectivity index (χ0v) is 19.6. The molecule has 3 heterocycles. The average molecular weight is 461 g/mol. The Morgan fingerprint density at radius 1 is 1.38 bits per heavy atom. The van der Waals surface area contributed by atoms with Gasteiger partial charge in [-0.1, -0.05) is 11.6 Å². The Morgan fingerprint density at radius 2 is 2.19 bits per heavy atom. The Morgan fingerprint density at radius 3 is 2.94 bits per heavy atom. The van der Waals surface area contributed by atoms with Crippen molar-refractivity contribution >= 4 is 28.5 Å². The molecule has 9 heteroatoms. The van der Waals surface area contributed by atoms with Crippen molar-refractivity contribution in [2.45, 2.75) is 39.3 Å². The summed E-state index contributed by atoms with van der Waals surface area (Å²) in [5.74, 6) is 0.528. The van der Waals surface area contributed by atoms with Crippen LogP contribution < -0.4 is 15.5 Å². The molecule has 1 aromatic carbocycles. The van der Waals surface area contributed by atoms with Crippen LogP contribution >= 0.6 is 11.6 Å². The highest BCUT2D eigenvalue weighted by Crippen LogP contribution is 2.32. The number of ether oxygens (including phenoxy) is 2. The van der Waals surface area contributed by atoms with Gasteiger partial charge in [-0.3, -0.25) is 9.69 Å². The van der Waals surface area contributed by atoms with Crippen LogP contribution in [-0.2, 0) is 4.74 Å². The van der Waals surface area contributed by atoms with Crippen LogP contribution in [0, 0.1) is 0 Å². The minimum absolute atomic E-state index is 0.0319. The highest BCUT2D eigenvalue weighted by Gasteiger charge is 2.30. The maximum atomic E-state index is 12.7. The van der Waals surface area contributed by atoms with Gasteiger partial charge in [-0.05, 0) is 39.8 Å². The fourth-order valence-corrected chi connectivity index (χ4v) is 4.06. The van der Waals surface area contributed by atoms with Crippen LogP contribution in [0.15, 0.2) is 33.7 Å². The van der Waals surface area contributed by atoms with Gasteiger partial charge in [0.25, 0.3) is 6.01 Å². The number of halogens is 1. The first-order valence-corrected chi connectivity index (χ1v) is 11.2. The number of H-pyrrole nitrogens is 1. The molecular weight excluding hydrogens is 432 g/mol. The molecule has 0 spiro atoms. The number of anilines is 1. The van der Waals surface area contributed by atoms with E-state index in [9.17, 15) is 4.79 Å². The van der Waals surface area contributed by atoms with E-state index in [2.05, 4.69) is 34.0 Å². The van der Waals surface area contributed by atoms with Gasteiger partial charge in [0.1, 0.15) is 29.3 Å². The Bertz CT molecular complexity index is 1150. The first-order chi connectivity index (χ1) is 15.2. The number of pyridine rings is 1. The van der Waals surface area contributed by atoms with Crippen LogP contribution in [0.3, 0.4) is 0 Å². The second kappa shape index (κ2) is 9.13. The van der Waals surface area contributed by atoms with Gasteiger partial charge in [0.15, 0.2) is 5.43 Å². The number of benzene rings is 1. The van der Waals surface area contributed by atoms with Crippen molar-refractivity contribution in [1.82, 2.24) is 14.9 Å². The first kappa shape index (κ1) is 22.6. The molecule has 2 N–H and O–H groups in total. The second-order valence-corrected chi connectivity index (χ2v) is 9.26. The maximum Gasteiger partial charge on any atom is 0.295 e. The van der Waals surface area contributed by atoms with Crippen molar-refractivity contribution in [3.8, 4) is 17.1 Å². The fraction of sp³-hybridized carbons (Fsp3) is 0.478. The summed E-state index contributed by atoms with van der Waals surface area (Å²) in [7, 11) is 0. The third-order valence-electron chi connectivity index (χ3n) is 5.54. The maximum absolute atomic E-state index is 12.7. The van der Waals surface area contributed by atoms with Gasteiger partial charge in [0.05, 0.1) is 24.4 Å². The highest BCUT2D eigenvalue weighted by atomic mass is 35.5. The number of morpholine rings is 1. The Balaban J connectivity index is 1.56. The topological polar surface area (TPSA) is 92.6 Å². The number of aromatic amines is 1. The van der Waals surface area contributed by atoms with Gasteiger partial charge >= 0.3 is 0 Å². The van der Waals surface area contributed by atoms with E-state index in [0.717, 1.165) is 19.7 Å². The minimum Gasteiger partial charge on any atom is -0.491 e. The van der Waals surface area contributed by atoms with Gasteiger partial charge in [-0.2, -0.15) is 4.98 Å². The third-order valence-corrected chi connectivity index (χ3v) is 5.91. The van der Waals surface area contributed by atoms with Crippen LogP contribution in [0.4, 0.5) is 6.01 Å². The lowest BCUT2D eigenvalue weighted by Gasteiger charge is -2.41. The van der Waals surface area contributed by atoms with Gasteiger partial charge < -0.3 is 24.2 Å². The molecule has 32 heavy (non-hydrogen) atoms. The predicted octanol–water partition coefficient (Wildman–Crippen LogP) is 4.15. The summed E-state index contributed by atoms with van der Waals surface area (Å²) in [5, 5.41) is 3.95. The summed E-state index contributed by atoms with van der Waals surface area (Å²) in [5.41, 5.74) is 1.37. The molecule has 0 bridgehead atoms. The zero-order valence-electron chi connectivity index (χ0n) is 18.8. The van der Waals surface area contributed by atoms with Crippen LogP contribution in [0.5, 0.6) is 5.75 Å². The van der Waals surface area contributed by atoms with Crippen LogP contribution in [0.1, 0.15) is 27.7 Å². The monoisotopic (exact) mass is 460 g/mol. The molecule has 0 saturated carbocycles. The average Bonchev–Trinajstić information content (AvgIpc) is 3.18. The quantitative estimate of drug-likeness (QED) is 0.547. The van der Waals surface area contributed by atoms with Crippen LogP contribution in [0.2, 0.25) is 5.02 Å². The third kappa shape index (κ3) is 4.77. The Labute approximate surface area is 191 Å². The van der Waals surface area contributed by atoms with Crippen molar-refractivity contribution in [3.63, 3.8) is 0 Å². The van der Waals surface area contributed by atoms with Gasteiger partial charge in [0, 0.05) is 36.1 Å². The van der Waals surface area contributed by atoms with Crippen molar-refractivity contribution in [2.75, 3.05) is 38.2 Å². The normalized spacial score (nSPS) is 16.6. The lowest BCUT2D eigenvalue weighted by molar-refractivity contribution is -0.0547. The summed E-state index contributed by atoms with van der Waals surface area (Å²) in [6, 6.07) is 5.54. The lowest BCUT2D eigenvalue weighted by atomic mass is 10.0. The van der Waals surface area contributed by atoms with E-state index in [4.69, 9.17) is 25.5 Å². The van der Waals surface area contributed by atoms with E-state index in [1.54, 1.807) is 12.1 Å². The first-order valence-electron chi connectivity index (χ1n) is 10.8. The molecule has 0 unspecified atom stereocenters. The standard InChI is InChI=1S/C23H29ClN4O4/c1-14(2)25-22-27-17(12-32-22)16-11-18(29)15-5-6-19(20(24)21(15)26-16)31-10-8-28-7-9-30-13-23(28,3)4/h5-6,11-12,14H,7-10,13H2,1-4H3,(H,25,27)(H,26,29). The van der Waals surface area contributed by atoms with Crippen molar-refractivity contribution in [1.29, 1.82) is 0 Å². The molecule has 1 fully saturated rings. The summed E-state index contributed by atoms with van der Waals surface area (Å²) in [4.78, 5) is 22.7. The number of hydrogen-bond donors (Lipinski definition) is 2. The molecule has 0 atom stereocenters. The number of hydrogen-bond acceptors (Lipinski definition) is 7. The molecule has 1 saturated heterocycles. The van der Waals surface area contributed by atoms with E-state index in [1.807, 2.05) is 13.8 Å². The molecule has 0 radical (unpaired) electrons. The van der Waals surface area contributed by atoms with Gasteiger partial charge in [-0.25, -0.2) is 0 Å². The van der Waals surface area contributed by atoms with E-state index >= 15 is 0 Å². The minimum atomic E-state index is -0.154. The van der Waals surface area contributed by atoms with Gasteiger partial charge in [0.2, 0.25) is 0 Å². The Hall–Kier alpha value is -2.55. The largest absolute Gasteiger partial charge is 0.491 e. The predicted molar refractivity (Wildman–Crippen MR) is 126 cm³/mol. The summed E-state index contributed by atoms with van der Waals surface area (Å²) in [6.45, 7) is 11.8. The smallest absolute Gasteiger partial charge is 0.295 e. The number of fused-ring (bicyclic) bond motifs is 1. The number of rotatable bonds is 7. The van der Waals surface area contributed by atoms with Gasteiger partial charge in [-0.15, -0.1) is 0 Å². The molecule has 1 aliphatic rings. The van der Waals surface area contributed by atoms with Crippen molar-refractivity contribution in [2.24, 2.45) is 0 Å². The molecule has 0 aliphatic carbocycles. The number of nitrogens with one attached hydrogen (secondary N) is 2. The number of oxazole rings is 1. The molecule has 4 rings (SSSR count). The summed E-state index contributed by atoms with van der Waals surface area (Å²) >= 11 is 6.64. The number of aromatic nitrogens is 2. The zero-order chi connectivity index (χ0) is 22.9. The summed E-state index contributed by atoms with van der Waals surface area (Å²) < 4.78 is 17.0. The van der Waals surface area contributed by atoms with Crippen molar-refractivity contribution < 1.29 is 13.9 Å². The lowest BCUT2D eigenvalue weighted by Crippen LogP contribution is -2.54. The molecule has 0 amide bonds. The molecule has 2 aromatic heterocycles. The van der Waals surface area contributed by atoms with E-state index < -0.39 is 0 Å². The van der Waals surface area contributed by atoms with E-state index in [0.29, 0.717) is 52.3 Å². The second-order valence-electron chi connectivity index (χ2n) is 8.88. The van der Waals surface area contributed by atoms with E-state index in [-0.39, 0.29) is 17.0 Å². The Kier molecular flexibility index (Phi) is 6.46. The molecule has 3 aromatic rings. The van der Waals surface area contributed by atoms with E-state index in [1.165, 1.54) is 12.3 Å². The number of nitrogens with zero attached hydrogens (tertiary/aromatic N) is 2. The van der Waals surface area contributed by atoms with Crippen LogP contribution in [-0.4, -0.2) is 59.4 Å². The highest BCUT2D eigenvalue weighted by molar-refractivity contribution is 6.36. The SMILES string of the molecule is CC(C)Nc1nc(-c2cc(=O)c3ccc(OCCN4CCOCC4(C)C)c(Cl)c3[nH]2)co1. The fourth-order valence-electron chi connectivity index (χ4n) is 3.80.